The van der Waals surface area contributed by atoms with E-state index in [4.69, 9.17) is 15.2 Å². The lowest BCUT2D eigenvalue weighted by atomic mass is 9.40. The first-order valence-corrected chi connectivity index (χ1v) is 16.1. The van der Waals surface area contributed by atoms with Crippen LogP contribution in [0.1, 0.15) is 66.5 Å². The molecule has 2 aliphatic carbocycles. The third kappa shape index (κ3) is 9.10. The van der Waals surface area contributed by atoms with E-state index in [2.05, 4.69) is 31.1 Å². The number of aliphatic hydroxyl groups excluding tert-OH is 2. The van der Waals surface area contributed by atoms with E-state index in [0.717, 1.165) is 12.1 Å². The van der Waals surface area contributed by atoms with Crippen molar-refractivity contribution >= 4 is 11.8 Å². The summed E-state index contributed by atoms with van der Waals surface area (Å²) in [6.07, 6.45) is 1.49. The molecule has 0 amide bonds. The first-order chi connectivity index (χ1) is 24.0. The predicted molar refractivity (Wildman–Crippen MR) is 174 cm³/mol. The summed E-state index contributed by atoms with van der Waals surface area (Å²) in [7, 11) is 0. The summed E-state index contributed by atoms with van der Waals surface area (Å²) in [6.45, 7) is 12.6. The highest BCUT2D eigenvalue weighted by molar-refractivity contribution is 5.92. The molecule has 0 unspecified atom stereocenters. The third-order valence-electron chi connectivity index (χ3n) is 9.96. The maximum atomic E-state index is 13.6. The first-order valence-electron chi connectivity index (χ1n) is 16.1. The zero-order valence-electron chi connectivity index (χ0n) is 29.8. The molecule has 2 heterocycles. The quantitative estimate of drug-likeness (QED) is 0.0836. The van der Waals surface area contributed by atoms with Gasteiger partial charge in [0.25, 0.3) is 15.3 Å². The molecule has 6 N–H and O–H groups in total. The minimum Gasteiger partial charge on any atom is -0.457 e. The highest BCUT2D eigenvalue weighted by Crippen LogP contribution is 2.67. The number of nitrogens with two attached hydrogens (primary N) is 1. The van der Waals surface area contributed by atoms with Gasteiger partial charge in [-0.1, -0.05) is 26.8 Å². The van der Waals surface area contributed by atoms with Crippen LogP contribution in [-0.2, 0) is 40.0 Å². The number of ether oxygens (including phenoxy) is 2. The first kappa shape index (κ1) is 43.7. The molecule has 0 bridgehead atoms. The van der Waals surface area contributed by atoms with E-state index in [0.29, 0.717) is 19.4 Å². The number of hydrogen-bond acceptors (Lipinski definition) is 18. The lowest BCUT2D eigenvalue weighted by Crippen LogP contribution is -2.86. The molecule has 2 saturated carbocycles. The number of nitrogens with one attached hydrogen (secondary N) is 1. The fourth-order valence-electron chi connectivity index (χ4n) is 7.75. The number of ketones is 1. The van der Waals surface area contributed by atoms with Crippen LogP contribution in [0.25, 0.3) is 0 Å². The average Bonchev–Trinajstić information content (AvgIpc) is 3.55. The lowest BCUT2D eigenvalue weighted by molar-refractivity contribution is -0.803. The highest BCUT2D eigenvalue weighted by atomic mass is 17.0. The number of esters is 1. The number of carbonyl (C=O) groups excluding carboxylic acids is 2. The van der Waals surface area contributed by atoms with Crippen molar-refractivity contribution in [1.82, 2.24) is 9.97 Å². The number of aliphatic hydroxyl groups is 3. The van der Waals surface area contributed by atoms with E-state index in [-0.39, 0.29) is 6.42 Å². The van der Waals surface area contributed by atoms with Crippen LogP contribution < -0.4 is 5.73 Å². The highest BCUT2D eigenvalue weighted by Gasteiger charge is 2.81. The Morgan fingerprint density at radius 1 is 1.13 bits per heavy atom. The van der Waals surface area contributed by atoms with Gasteiger partial charge >= 0.3 is 5.97 Å². The van der Waals surface area contributed by atoms with Gasteiger partial charge in [-0.2, -0.15) is 0 Å². The van der Waals surface area contributed by atoms with Crippen molar-refractivity contribution in [3.63, 3.8) is 0 Å². The molecule has 0 aromatic carbocycles. The molecule has 0 spiro atoms. The number of H-pyrrole nitrogens is 1. The van der Waals surface area contributed by atoms with Crippen molar-refractivity contribution < 1.29 is 64.2 Å². The van der Waals surface area contributed by atoms with Gasteiger partial charge in [-0.25, -0.2) is 4.98 Å². The van der Waals surface area contributed by atoms with Gasteiger partial charge in [-0.05, 0) is 38.6 Å². The second-order valence-corrected chi connectivity index (χ2v) is 14.0. The lowest BCUT2D eigenvalue weighted by Gasteiger charge is -2.71. The van der Waals surface area contributed by atoms with Gasteiger partial charge in [0.1, 0.15) is 18.8 Å². The van der Waals surface area contributed by atoms with Gasteiger partial charge in [0.15, 0.2) is 23.6 Å². The number of rotatable bonds is 12. The normalized spacial score (nSPS) is 32.9. The molecule has 0 radical (unpaired) electrons. The van der Waals surface area contributed by atoms with Crippen molar-refractivity contribution in [3.8, 4) is 0 Å². The minimum atomic E-state index is -2.18. The molecule has 3 fully saturated rings. The van der Waals surface area contributed by atoms with E-state index in [1.54, 1.807) is 26.4 Å². The van der Waals surface area contributed by atoms with Crippen LogP contribution in [0.3, 0.4) is 0 Å². The summed E-state index contributed by atoms with van der Waals surface area (Å²) in [6, 6.07) is 0. The molecule has 52 heavy (non-hydrogen) atoms. The van der Waals surface area contributed by atoms with Crippen LogP contribution in [0.15, 0.2) is 25.2 Å². The Morgan fingerprint density at radius 2 is 1.71 bits per heavy atom. The fourth-order valence-corrected chi connectivity index (χ4v) is 7.75. The summed E-state index contributed by atoms with van der Waals surface area (Å²) >= 11 is 0. The van der Waals surface area contributed by atoms with Crippen molar-refractivity contribution in [3.05, 3.63) is 61.2 Å². The molecule has 22 nitrogen and oxygen atoms in total. The largest absolute Gasteiger partial charge is 0.457 e. The SMILES string of the molecule is C=C[C@@]1(C)CC(=O)[C@]2(O)[C@@]3(C)[C@@H](O)CCC(C)(C)[C@@H]3[C@H](O)[C@H](OC(C)=O)[C@@]2(C)O1.NCCc1cnc[nH]1.O=[N+]([O-])OCC(CO[N+](=O)[O-])O[N+](=O)[O-]. The minimum absolute atomic E-state index is 0.138. The number of Topliss-reactive ketones (excluding diaryl/α,β-unsaturated/α-hetero) is 1. The third-order valence-corrected chi connectivity index (χ3v) is 9.96. The van der Waals surface area contributed by atoms with Crippen LogP contribution in [0.5, 0.6) is 0 Å². The smallest absolute Gasteiger partial charge is 0.303 e. The predicted octanol–water partition coefficient (Wildman–Crippen LogP) is 0.411. The Labute approximate surface area is 297 Å². The Balaban J connectivity index is 0.000000337. The number of aromatic amines is 1. The van der Waals surface area contributed by atoms with Gasteiger partial charge in [0.05, 0.1) is 24.1 Å². The second kappa shape index (κ2) is 16.9. The Hall–Kier alpha value is -4.51. The maximum absolute atomic E-state index is 13.6. The summed E-state index contributed by atoms with van der Waals surface area (Å²) in [5.74, 6) is -1.87. The summed E-state index contributed by atoms with van der Waals surface area (Å²) < 4.78 is 11.8. The Morgan fingerprint density at radius 3 is 2.15 bits per heavy atom. The van der Waals surface area contributed by atoms with E-state index >= 15 is 0 Å². The van der Waals surface area contributed by atoms with Crippen LogP contribution >= 0.6 is 0 Å². The molecule has 4 rings (SSSR count). The van der Waals surface area contributed by atoms with E-state index < -0.39 is 98.2 Å². The molecule has 22 heteroatoms. The summed E-state index contributed by atoms with van der Waals surface area (Å²) in [5.41, 5.74) is -0.628. The number of carbonyl (C=O) groups is 2. The molecule has 294 valence electrons. The molecular formula is C30H48N6O16. The molecule has 1 aliphatic heterocycles. The number of imidazole rings is 1. The van der Waals surface area contributed by atoms with Gasteiger partial charge in [-0.15, -0.1) is 36.9 Å². The van der Waals surface area contributed by atoms with Crippen molar-refractivity contribution in [2.45, 2.75) is 108 Å². The topological polar surface area (TPSA) is 325 Å². The Kier molecular flexibility index (Phi) is 14.2. The zero-order valence-corrected chi connectivity index (χ0v) is 29.8. The Bertz CT molecular complexity index is 1430. The maximum Gasteiger partial charge on any atom is 0.303 e. The molecule has 1 aromatic rings. The van der Waals surface area contributed by atoms with Gasteiger partial charge in [-0.3, -0.25) is 9.59 Å². The molecule has 8 atom stereocenters. The summed E-state index contributed by atoms with van der Waals surface area (Å²) in [5, 5.41) is 60.2. The number of fused-ring (bicyclic) bond motifs is 3. The average molecular weight is 749 g/mol. The standard InChI is InChI=1S/C22H34O7.C5H9N3.C3H5N3O9/c1-8-19(5)11-14(25)22(27)20(6)13(24)9-10-18(3,4)16(20)15(26)17(28-12(2)23)21(22,7)29-19;6-2-1-5-3-7-4-8-5;7-4(8)13-1-3(15-6(11)12)2-14-5(9)10/h8,13,15-17,24,26-27H,1,9-11H2,2-7H3;3-4H,1-2,6H2,(H,7,8);3H,1-2H2/t13-,15-,16-,17-,19-,20-,21+,22-;;/m0../s1. The monoisotopic (exact) mass is 748 g/mol. The van der Waals surface area contributed by atoms with Gasteiger partial charge < -0.3 is 50.0 Å². The molecule has 3 aliphatic rings. The van der Waals surface area contributed by atoms with E-state index in [9.17, 15) is 55.3 Å². The summed E-state index contributed by atoms with van der Waals surface area (Å²) in [4.78, 5) is 72.8. The van der Waals surface area contributed by atoms with Crippen LogP contribution in [0, 0.1) is 47.1 Å². The number of nitrogens with zero attached hydrogens (tertiary/aromatic N) is 4. The van der Waals surface area contributed by atoms with E-state index in [1.807, 2.05) is 13.8 Å². The number of aromatic nitrogens is 2. The van der Waals surface area contributed by atoms with Gasteiger partial charge in [0.2, 0.25) is 0 Å². The van der Waals surface area contributed by atoms with Crippen LogP contribution in [-0.4, -0.2) is 113 Å². The van der Waals surface area contributed by atoms with Crippen molar-refractivity contribution in [1.29, 1.82) is 0 Å². The van der Waals surface area contributed by atoms with Gasteiger partial charge in [0, 0.05) is 43.0 Å². The molecule has 1 aromatic heterocycles. The van der Waals surface area contributed by atoms with Crippen molar-refractivity contribution in [2.75, 3.05) is 19.8 Å². The van der Waals surface area contributed by atoms with Crippen molar-refractivity contribution in [2.24, 2.45) is 22.5 Å². The van der Waals surface area contributed by atoms with E-state index in [1.165, 1.54) is 19.9 Å². The zero-order chi connectivity index (χ0) is 39.9. The van der Waals surface area contributed by atoms with Crippen LogP contribution in [0.2, 0.25) is 0 Å². The van der Waals surface area contributed by atoms with Crippen LogP contribution in [0.4, 0.5) is 0 Å². The molecular weight excluding hydrogens is 700 g/mol. The number of hydrogen-bond donors (Lipinski definition) is 5. The fraction of sp³-hybridized carbons (Fsp3) is 0.767. The molecule has 1 saturated heterocycles. The second-order valence-electron chi connectivity index (χ2n) is 14.0.